The van der Waals surface area contributed by atoms with Gasteiger partial charge >= 0.3 is 0 Å². The lowest BCUT2D eigenvalue weighted by molar-refractivity contribution is 0.249. The topological polar surface area (TPSA) is 38.7 Å². The van der Waals surface area contributed by atoms with Crippen molar-refractivity contribution >= 4 is 11.6 Å². The van der Waals surface area contributed by atoms with Crippen LogP contribution in [-0.4, -0.2) is 12.2 Å². The first-order valence-corrected chi connectivity index (χ1v) is 6.47. The number of halogens is 3. The van der Waals surface area contributed by atoms with Crippen LogP contribution in [0, 0.1) is 11.6 Å². The second-order valence-corrected chi connectivity index (χ2v) is 4.73. The van der Waals surface area contributed by atoms with Gasteiger partial charge in [-0.3, -0.25) is 0 Å². The van der Waals surface area contributed by atoms with Crippen molar-refractivity contribution in [2.45, 2.75) is 13.2 Å². The molecule has 6 heteroatoms. The molecule has 0 unspecified atom stereocenters. The van der Waals surface area contributed by atoms with E-state index in [0.29, 0.717) is 27.6 Å². The van der Waals surface area contributed by atoms with Crippen molar-refractivity contribution in [3.8, 4) is 11.5 Å². The van der Waals surface area contributed by atoms with E-state index in [9.17, 15) is 13.9 Å². The molecule has 0 aliphatic carbocycles. The fourth-order valence-electron chi connectivity index (χ4n) is 1.84. The minimum Gasteiger partial charge on any atom is -0.493 e. The van der Waals surface area contributed by atoms with Crippen molar-refractivity contribution in [1.29, 1.82) is 0 Å². The van der Waals surface area contributed by atoms with Gasteiger partial charge in [0.1, 0.15) is 6.61 Å². The van der Waals surface area contributed by atoms with Crippen LogP contribution in [0.4, 0.5) is 8.78 Å². The summed E-state index contributed by atoms with van der Waals surface area (Å²) in [6.07, 6.45) is 0. The quantitative estimate of drug-likeness (QED) is 0.914. The highest BCUT2D eigenvalue weighted by Gasteiger charge is 2.13. The van der Waals surface area contributed by atoms with Crippen molar-refractivity contribution in [3.63, 3.8) is 0 Å². The van der Waals surface area contributed by atoms with E-state index in [1.54, 1.807) is 12.1 Å². The summed E-state index contributed by atoms with van der Waals surface area (Å²) in [5, 5.41) is 9.74. The van der Waals surface area contributed by atoms with Crippen molar-refractivity contribution in [1.82, 2.24) is 0 Å². The lowest BCUT2D eigenvalue weighted by Gasteiger charge is -2.15. The van der Waals surface area contributed by atoms with Crippen LogP contribution in [0.5, 0.6) is 11.5 Å². The molecule has 0 amide bonds. The maximum Gasteiger partial charge on any atom is 0.167 e. The van der Waals surface area contributed by atoms with Crippen LogP contribution in [0.2, 0.25) is 5.02 Å². The molecule has 0 radical (unpaired) electrons. The van der Waals surface area contributed by atoms with Crippen LogP contribution >= 0.6 is 11.6 Å². The fraction of sp³-hybridized carbons (Fsp3) is 0.200. The van der Waals surface area contributed by atoms with Crippen molar-refractivity contribution in [2.24, 2.45) is 0 Å². The Morgan fingerprint density at radius 2 is 1.90 bits per heavy atom. The summed E-state index contributed by atoms with van der Waals surface area (Å²) in [5.41, 5.74) is 0.900. The second-order valence-electron chi connectivity index (χ2n) is 4.29. The molecule has 0 spiro atoms. The predicted octanol–water partition coefficient (Wildman–Crippen LogP) is 3.70. The molecule has 112 valence electrons. The molecule has 0 saturated carbocycles. The highest BCUT2D eigenvalue weighted by Crippen LogP contribution is 2.35. The number of rotatable bonds is 5. The summed E-state index contributed by atoms with van der Waals surface area (Å²) in [6, 6.07) is 6.59. The molecule has 1 N–H and O–H groups in total. The zero-order valence-corrected chi connectivity index (χ0v) is 12.0. The van der Waals surface area contributed by atoms with Gasteiger partial charge in [-0.25, -0.2) is 8.78 Å². The number of methoxy groups -OCH3 is 1. The van der Waals surface area contributed by atoms with E-state index < -0.39 is 11.6 Å². The number of benzene rings is 2. The van der Waals surface area contributed by atoms with Crippen LogP contribution in [0.1, 0.15) is 11.1 Å². The van der Waals surface area contributed by atoms with Gasteiger partial charge in [-0.1, -0.05) is 17.7 Å². The average Bonchev–Trinajstić information content (AvgIpc) is 2.48. The third kappa shape index (κ3) is 3.62. The predicted molar refractivity (Wildman–Crippen MR) is 74.6 cm³/mol. The van der Waals surface area contributed by atoms with Gasteiger partial charge in [0.25, 0.3) is 0 Å². The third-order valence-corrected chi connectivity index (χ3v) is 3.07. The number of aliphatic hydroxyl groups is 1. The van der Waals surface area contributed by atoms with Gasteiger partial charge in [0, 0.05) is 16.7 Å². The molecular weight excluding hydrogens is 302 g/mol. The van der Waals surface area contributed by atoms with Gasteiger partial charge < -0.3 is 14.6 Å². The Labute approximate surface area is 125 Å². The Morgan fingerprint density at radius 3 is 2.52 bits per heavy atom. The van der Waals surface area contributed by atoms with E-state index in [0.717, 1.165) is 12.1 Å². The standard InChI is InChI=1S/C15H13ClF2O3/c1-20-14-6-11(16)5-10(7-19)15(14)21-8-9-2-3-12(17)13(18)4-9/h2-6,19H,7-8H2,1H3. The summed E-state index contributed by atoms with van der Waals surface area (Å²) < 4.78 is 36.7. The van der Waals surface area contributed by atoms with Crippen LogP contribution in [0.25, 0.3) is 0 Å². The Morgan fingerprint density at radius 1 is 1.14 bits per heavy atom. The minimum atomic E-state index is -0.943. The third-order valence-electron chi connectivity index (χ3n) is 2.85. The van der Waals surface area contributed by atoms with E-state index in [1.807, 2.05) is 0 Å². The zero-order chi connectivity index (χ0) is 15.4. The largest absolute Gasteiger partial charge is 0.493 e. The Bertz CT molecular complexity index is 622. The molecule has 2 aromatic carbocycles. The first-order chi connectivity index (χ1) is 10.0. The lowest BCUT2D eigenvalue weighted by atomic mass is 10.2. The number of hydrogen-bond acceptors (Lipinski definition) is 3. The van der Waals surface area contributed by atoms with Crippen molar-refractivity contribution in [3.05, 3.63) is 58.1 Å². The first-order valence-electron chi connectivity index (χ1n) is 6.09. The minimum absolute atomic E-state index is 0.00217. The Balaban J connectivity index is 2.24. The number of hydrogen-bond donors (Lipinski definition) is 1. The van der Waals surface area contributed by atoms with E-state index >= 15 is 0 Å². The monoisotopic (exact) mass is 314 g/mol. The Hall–Kier alpha value is -1.85. The van der Waals surface area contributed by atoms with Crippen LogP contribution in [0.15, 0.2) is 30.3 Å². The summed E-state index contributed by atoms with van der Waals surface area (Å²) in [5.74, 6) is -1.19. The highest BCUT2D eigenvalue weighted by molar-refractivity contribution is 6.30. The average molecular weight is 315 g/mol. The van der Waals surface area contributed by atoms with E-state index in [1.165, 1.54) is 13.2 Å². The maximum absolute atomic E-state index is 13.1. The molecule has 3 nitrogen and oxygen atoms in total. The molecule has 21 heavy (non-hydrogen) atoms. The van der Waals surface area contributed by atoms with Gasteiger partial charge in [0.05, 0.1) is 13.7 Å². The van der Waals surface area contributed by atoms with Crippen molar-refractivity contribution in [2.75, 3.05) is 7.11 Å². The molecular formula is C15H13ClF2O3. The molecule has 2 aromatic rings. The zero-order valence-electron chi connectivity index (χ0n) is 11.2. The van der Waals surface area contributed by atoms with E-state index in [2.05, 4.69) is 0 Å². The molecule has 0 heterocycles. The van der Waals surface area contributed by atoms with E-state index in [-0.39, 0.29) is 13.2 Å². The SMILES string of the molecule is COc1cc(Cl)cc(CO)c1OCc1ccc(F)c(F)c1. The van der Waals surface area contributed by atoms with Gasteiger partial charge in [-0.2, -0.15) is 0 Å². The maximum atomic E-state index is 13.1. The van der Waals surface area contributed by atoms with Crippen LogP contribution in [0.3, 0.4) is 0 Å². The summed E-state index contributed by atoms with van der Waals surface area (Å²) in [6.45, 7) is -0.285. The smallest absolute Gasteiger partial charge is 0.167 e. The Kier molecular flexibility index (Phi) is 4.98. The lowest BCUT2D eigenvalue weighted by Crippen LogP contribution is -2.02. The van der Waals surface area contributed by atoms with Crippen LogP contribution < -0.4 is 9.47 Å². The molecule has 0 aliphatic rings. The molecule has 0 bridgehead atoms. The fourth-order valence-corrected chi connectivity index (χ4v) is 2.07. The number of ether oxygens (including phenoxy) is 2. The molecule has 0 aromatic heterocycles. The summed E-state index contributed by atoms with van der Waals surface area (Å²) in [7, 11) is 1.44. The first kappa shape index (κ1) is 15.5. The second kappa shape index (κ2) is 6.74. The molecule has 2 rings (SSSR count). The van der Waals surface area contributed by atoms with Crippen LogP contribution in [-0.2, 0) is 13.2 Å². The van der Waals surface area contributed by atoms with Gasteiger partial charge in [-0.15, -0.1) is 0 Å². The van der Waals surface area contributed by atoms with Gasteiger partial charge in [0.15, 0.2) is 23.1 Å². The molecule has 0 atom stereocenters. The summed E-state index contributed by atoms with van der Waals surface area (Å²) >= 11 is 5.90. The van der Waals surface area contributed by atoms with E-state index in [4.69, 9.17) is 21.1 Å². The van der Waals surface area contributed by atoms with Gasteiger partial charge in [-0.05, 0) is 23.8 Å². The molecule has 0 fully saturated rings. The normalized spacial score (nSPS) is 10.5. The number of aliphatic hydroxyl groups excluding tert-OH is 1. The summed E-state index contributed by atoms with van der Waals surface area (Å²) in [4.78, 5) is 0. The highest BCUT2D eigenvalue weighted by atomic mass is 35.5. The van der Waals surface area contributed by atoms with Crippen molar-refractivity contribution < 1.29 is 23.4 Å². The molecule has 0 saturated heterocycles. The van der Waals surface area contributed by atoms with Gasteiger partial charge in [0.2, 0.25) is 0 Å². The molecule has 0 aliphatic heterocycles.